The highest BCUT2D eigenvalue weighted by Crippen LogP contribution is 2.23. The highest BCUT2D eigenvalue weighted by atomic mass is 16.2. The molecule has 0 radical (unpaired) electrons. The molecular formula is C23H27N5O2. The van der Waals surface area contributed by atoms with E-state index in [1.807, 2.05) is 30.1 Å². The number of para-hydroxylation sites is 1. The molecular weight excluding hydrogens is 378 g/mol. The second kappa shape index (κ2) is 7.32. The Bertz CT molecular complexity index is 1110. The fourth-order valence-corrected chi connectivity index (χ4v) is 4.77. The Morgan fingerprint density at radius 2 is 1.87 bits per heavy atom. The summed E-state index contributed by atoms with van der Waals surface area (Å²) in [6, 6.07) is 12.2. The molecule has 7 heteroatoms. The molecule has 30 heavy (non-hydrogen) atoms. The van der Waals surface area contributed by atoms with Crippen molar-refractivity contribution in [1.82, 2.24) is 23.8 Å². The Balaban J connectivity index is 1.32. The number of fused-ring (bicyclic) bond motifs is 2. The maximum absolute atomic E-state index is 13.2. The Labute approximate surface area is 176 Å². The minimum atomic E-state index is -0.390. The van der Waals surface area contributed by atoms with Crippen LogP contribution in [0.2, 0.25) is 0 Å². The van der Waals surface area contributed by atoms with Crippen LogP contribution in [0, 0.1) is 0 Å². The van der Waals surface area contributed by atoms with Gasteiger partial charge in [0.15, 0.2) is 0 Å². The lowest BCUT2D eigenvalue weighted by atomic mass is 10.1. The van der Waals surface area contributed by atoms with Gasteiger partial charge in [-0.25, -0.2) is 0 Å². The molecule has 2 saturated heterocycles. The van der Waals surface area contributed by atoms with Crippen molar-refractivity contribution >= 4 is 22.7 Å². The average Bonchev–Trinajstić information content (AvgIpc) is 3.29. The Hall–Kier alpha value is -3.06. The zero-order valence-electron chi connectivity index (χ0n) is 17.5. The van der Waals surface area contributed by atoms with Crippen LogP contribution in [0.3, 0.4) is 0 Å². The maximum atomic E-state index is 13.2. The number of amides is 2. The highest BCUT2D eigenvalue weighted by molar-refractivity contribution is 5.95. The van der Waals surface area contributed by atoms with E-state index in [1.54, 1.807) is 9.80 Å². The van der Waals surface area contributed by atoms with Crippen molar-refractivity contribution in [1.29, 1.82) is 0 Å². The molecule has 0 saturated carbocycles. The summed E-state index contributed by atoms with van der Waals surface area (Å²) in [5.74, 6) is 0.111. The number of piperazine rings is 2. The van der Waals surface area contributed by atoms with E-state index in [9.17, 15) is 9.59 Å². The number of rotatable bonds is 4. The SMILES string of the molecule is Cn1ccc(CN2CC(=O)N3CCN(Cc4cc5ccccc5n4C)CC3C2=O)c1. The van der Waals surface area contributed by atoms with Crippen molar-refractivity contribution in [2.45, 2.75) is 19.1 Å². The van der Waals surface area contributed by atoms with Gasteiger partial charge in [0.1, 0.15) is 12.6 Å². The van der Waals surface area contributed by atoms with Gasteiger partial charge in [-0.1, -0.05) is 18.2 Å². The van der Waals surface area contributed by atoms with Crippen molar-refractivity contribution < 1.29 is 9.59 Å². The summed E-state index contributed by atoms with van der Waals surface area (Å²) < 4.78 is 4.18. The zero-order valence-corrected chi connectivity index (χ0v) is 17.5. The summed E-state index contributed by atoms with van der Waals surface area (Å²) in [4.78, 5) is 31.7. The lowest BCUT2D eigenvalue weighted by Gasteiger charge is -2.46. The smallest absolute Gasteiger partial charge is 0.247 e. The predicted octanol–water partition coefficient (Wildman–Crippen LogP) is 1.57. The van der Waals surface area contributed by atoms with Crippen LogP contribution in [0.4, 0.5) is 0 Å². The summed E-state index contributed by atoms with van der Waals surface area (Å²) in [7, 11) is 4.05. The zero-order chi connectivity index (χ0) is 20.8. The molecule has 0 bridgehead atoms. The van der Waals surface area contributed by atoms with E-state index in [2.05, 4.69) is 46.8 Å². The summed E-state index contributed by atoms with van der Waals surface area (Å²) in [6.07, 6.45) is 3.96. The predicted molar refractivity (Wildman–Crippen MR) is 115 cm³/mol. The van der Waals surface area contributed by atoms with Gasteiger partial charge in [-0.15, -0.1) is 0 Å². The third-order valence-electron chi connectivity index (χ3n) is 6.41. The van der Waals surface area contributed by atoms with Crippen molar-refractivity contribution in [2.75, 3.05) is 26.2 Å². The molecule has 1 unspecified atom stereocenters. The molecule has 156 valence electrons. The van der Waals surface area contributed by atoms with Gasteiger partial charge in [-0.05, 0) is 29.1 Å². The molecule has 2 fully saturated rings. The number of hydrogen-bond acceptors (Lipinski definition) is 3. The Morgan fingerprint density at radius 3 is 2.63 bits per heavy atom. The second-order valence-corrected chi connectivity index (χ2v) is 8.47. The van der Waals surface area contributed by atoms with E-state index in [0.29, 0.717) is 19.6 Å². The fourth-order valence-electron chi connectivity index (χ4n) is 4.77. The number of carbonyl (C=O) groups is 2. The van der Waals surface area contributed by atoms with Crippen LogP contribution in [0.1, 0.15) is 11.3 Å². The number of nitrogens with zero attached hydrogens (tertiary/aromatic N) is 5. The number of aromatic nitrogens is 2. The molecule has 7 nitrogen and oxygen atoms in total. The molecule has 0 spiro atoms. The first-order valence-electron chi connectivity index (χ1n) is 10.4. The molecule has 2 aromatic heterocycles. The number of benzene rings is 1. The average molecular weight is 406 g/mol. The van der Waals surface area contributed by atoms with Crippen LogP contribution in [-0.4, -0.2) is 67.9 Å². The molecule has 2 amide bonds. The quantitative estimate of drug-likeness (QED) is 0.662. The largest absolute Gasteiger partial charge is 0.357 e. The van der Waals surface area contributed by atoms with Crippen molar-refractivity contribution in [3.05, 3.63) is 60.0 Å². The summed E-state index contributed by atoms with van der Waals surface area (Å²) in [5, 5.41) is 1.23. The summed E-state index contributed by atoms with van der Waals surface area (Å²) >= 11 is 0. The van der Waals surface area contributed by atoms with Crippen LogP contribution in [0.25, 0.3) is 10.9 Å². The van der Waals surface area contributed by atoms with Gasteiger partial charge in [0.25, 0.3) is 0 Å². The minimum absolute atomic E-state index is 0.0554. The fraction of sp³-hybridized carbons (Fsp3) is 0.391. The normalized spacial score (nSPS) is 20.3. The molecule has 1 atom stereocenters. The van der Waals surface area contributed by atoms with E-state index in [-0.39, 0.29) is 18.4 Å². The molecule has 2 aliphatic heterocycles. The first-order valence-corrected chi connectivity index (χ1v) is 10.4. The van der Waals surface area contributed by atoms with Crippen molar-refractivity contribution in [3.63, 3.8) is 0 Å². The van der Waals surface area contributed by atoms with E-state index in [1.165, 1.54) is 16.6 Å². The van der Waals surface area contributed by atoms with Gasteiger partial charge in [-0.2, -0.15) is 0 Å². The van der Waals surface area contributed by atoms with Crippen molar-refractivity contribution in [3.8, 4) is 0 Å². The molecule has 2 aliphatic rings. The number of hydrogen-bond donors (Lipinski definition) is 0. The van der Waals surface area contributed by atoms with Crippen molar-refractivity contribution in [2.24, 2.45) is 14.1 Å². The monoisotopic (exact) mass is 405 g/mol. The van der Waals surface area contributed by atoms with Gasteiger partial charge >= 0.3 is 0 Å². The molecule has 1 aromatic carbocycles. The Morgan fingerprint density at radius 1 is 1.03 bits per heavy atom. The second-order valence-electron chi connectivity index (χ2n) is 8.47. The first-order chi connectivity index (χ1) is 14.5. The topological polar surface area (TPSA) is 53.7 Å². The lowest BCUT2D eigenvalue weighted by Crippen LogP contribution is -2.66. The lowest BCUT2D eigenvalue weighted by molar-refractivity contribution is -0.160. The van der Waals surface area contributed by atoms with Crippen LogP contribution in [0.15, 0.2) is 48.8 Å². The van der Waals surface area contributed by atoms with E-state index >= 15 is 0 Å². The first kappa shape index (κ1) is 18.9. The molecule has 5 rings (SSSR count). The van der Waals surface area contributed by atoms with E-state index < -0.39 is 6.04 Å². The van der Waals surface area contributed by atoms with Gasteiger partial charge in [0.2, 0.25) is 11.8 Å². The van der Waals surface area contributed by atoms with Crippen LogP contribution < -0.4 is 0 Å². The molecule has 4 heterocycles. The third kappa shape index (κ3) is 3.29. The number of carbonyl (C=O) groups excluding carboxylic acids is 2. The van der Waals surface area contributed by atoms with Gasteiger partial charge in [0, 0.05) is 70.4 Å². The summed E-state index contributed by atoms with van der Waals surface area (Å²) in [5.41, 5.74) is 3.49. The Kier molecular flexibility index (Phi) is 4.62. The minimum Gasteiger partial charge on any atom is -0.357 e. The van der Waals surface area contributed by atoms with Gasteiger partial charge in [-0.3, -0.25) is 14.5 Å². The molecule has 0 aliphatic carbocycles. The van der Waals surface area contributed by atoms with Gasteiger partial charge in [0.05, 0.1) is 0 Å². The van der Waals surface area contributed by atoms with E-state index in [4.69, 9.17) is 0 Å². The highest BCUT2D eigenvalue weighted by Gasteiger charge is 2.42. The number of aryl methyl sites for hydroxylation is 2. The van der Waals surface area contributed by atoms with Crippen LogP contribution in [0.5, 0.6) is 0 Å². The van der Waals surface area contributed by atoms with Crippen LogP contribution >= 0.6 is 0 Å². The van der Waals surface area contributed by atoms with Gasteiger partial charge < -0.3 is 18.9 Å². The molecule has 3 aromatic rings. The maximum Gasteiger partial charge on any atom is 0.247 e. The third-order valence-corrected chi connectivity index (χ3v) is 6.41. The summed E-state index contributed by atoms with van der Waals surface area (Å²) in [6.45, 7) is 3.41. The molecule has 0 N–H and O–H groups in total. The standard InChI is InChI=1S/C23H27N5O2/c1-24-8-7-17(12-24)13-27-16-22(29)28-10-9-26(15-21(28)23(27)30)14-19-11-18-5-3-4-6-20(18)25(19)2/h3-8,11-12,21H,9-10,13-16H2,1-2H3. The van der Waals surface area contributed by atoms with E-state index in [0.717, 1.165) is 18.7 Å². The van der Waals surface area contributed by atoms with Crippen LogP contribution in [-0.2, 0) is 36.8 Å².